The zero-order valence-electron chi connectivity index (χ0n) is 31.3. The number of carboxylic acid groups (broad SMARTS) is 1. The van der Waals surface area contributed by atoms with Gasteiger partial charge in [0.2, 0.25) is 5.91 Å². The number of sulfone groups is 1. The molecule has 2 atom stereocenters. The van der Waals surface area contributed by atoms with E-state index in [0.29, 0.717) is 65.8 Å². The third kappa shape index (κ3) is 10.5. The van der Waals surface area contributed by atoms with Crippen molar-refractivity contribution < 1.29 is 55.3 Å². The number of nitrogens with zero attached hydrogens (tertiary/aromatic N) is 2. The van der Waals surface area contributed by atoms with E-state index in [4.69, 9.17) is 29.8 Å². The number of rotatable bonds is 12. The van der Waals surface area contributed by atoms with Crippen molar-refractivity contribution in [2.75, 3.05) is 42.4 Å². The Bertz CT molecular complexity index is 2170. The van der Waals surface area contributed by atoms with Gasteiger partial charge in [0.1, 0.15) is 11.9 Å². The molecule has 0 spiro atoms. The van der Waals surface area contributed by atoms with Crippen LogP contribution in [0.4, 0.5) is 35.2 Å². The highest BCUT2D eigenvalue weighted by atomic mass is 32.2. The van der Waals surface area contributed by atoms with Crippen molar-refractivity contribution in [2.24, 2.45) is 0 Å². The average molecular weight is 804 g/mol. The SMILES string of the molecule is CCOc1cc([C@@H](Nc2ccc3c(N)nccc3c2)C(=O)N2CCC[C@@H]2c2cc(NC(=O)OC)ccc2S(=O)(=O)CC)ccc1OC(C)C.O=C(O)C(F)(F)F. The predicted molar refractivity (Wildman–Crippen MR) is 203 cm³/mol. The standard InChI is InChI=1S/C36H43N5O7S.C2HF3O2/c1-6-47-31-20-24(10-14-30(31)48-22(3)4)33(39-25-11-13-27-23(19-25)16-17-38-34(27)37)35(42)41-18-8-9-29(41)28-21-26(40-36(43)46-5)12-15-32(28)49(44,45)7-2;3-2(4,5)1(6)7/h10-17,19-22,29,33,39H,6-9,18H2,1-5H3,(H2,37,38)(H,40,43);(H,6,7)/t29-,33-;/m1./s1. The number of anilines is 3. The van der Waals surface area contributed by atoms with Gasteiger partial charge in [-0.15, -0.1) is 0 Å². The second-order valence-corrected chi connectivity index (χ2v) is 15.0. The number of halogens is 3. The Morgan fingerprint density at radius 1 is 1.02 bits per heavy atom. The monoisotopic (exact) mass is 803 g/mol. The number of likely N-dealkylation sites (tertiary alicyclic amines) is 1. The van der Waals surface area contributed by atoms with Crippen LogP contribution < -0.4 is 25.8 Å². The highest BCUT2D eigenvalue weighted by Crippen LogP contribution is 2.41. The summed E-state index contributed by atoms with van der Waals surface area (Å²) in [4.78, 5) is 41.8. The lowest BCUT2D eigenvalue weighted by Gasteiger charge is -2.31. The van der Waals surface area contributed by atoms with Crippen molar-refractivity contribution in [3.63, 3.8) is 0 Å². The van der Waals surface area contributed by atoms with Gasteiger partial charge in [0.15, 0.2) is 21.3 Å². The van der Waals surface area contributed by atoms with Gasteiger partial charge in [0.25, 0.3) is 0 Å². The predicted octanol–water partition coefficient (Wildman–Crippen LogP) is 7.13. The van der Waals surface area contributed by atoms with E-state index in [1.165, 1.54) is 19.2 Å². The molecule has 3 aromatic carbocycles. The van der Waals surface area contributed by atoms with Crippen LogP contribution in [0.3, 0.4) is 0 Å². The van der Waals surface area contributed by atoms with Crippen molar-refractivity contribution in [3.8, 4) is 11.5 Å². The molecule has 0 radical (unpaired) electrons. The molecule has 2 heterocycles. The maximum atomic E-state index is 14.8. The van der Waals surface area contributed by atoms with Crippen LogP contribution >= 0.6 is 0 Å². The number of alkyl halides is 3. The second kappa shape index (κ2) is 18.2. The molecule has 2 amide bonds. The molecule has 4 aromatic rings. The number of pyridine rings is 1. The molecule has 1 aliphatic rings. The summed E-state index contributed by atoms with van der Waals surface area (Å²) in [6, 6.07) is 16.0. The zero-order valence-corrected chi connectivity index (χ0v) is 32.2. The Hall–Kier alpha value is -5.78. The van der Waals surface area contributed by atoms with Crippen molar-refractivity contribution in [3.05, 3.63) is 78.0 Å². The molecule has 302 valence electrons. The molecule has 56 heavy (non-hydrogen) atoms. The van der Waals surface area contributed by atoms with Crippen LogP contribution in [0.25, 0.3) is 10.8 Å². The summed E-state index contributed by atoms with van der Waals surface area (Å²) < 4.78 is 75.1. The Balaban J connectivity index is 0.000000908. The van der Waals surface area contributed by atoms with E-state index in [0.717, 1.165) is 10.8 Å². The van der Waals surface area contributed by atoms with Crippen LogP contribution in [-0.2, 0) is 24.2 Å². The minimum absolute atomic E-state index is 0.0940. The topological polar surface area (TPSA) is 199 Å². The molecule has 1 aromatic heterocycles. The fourth-order valence-corrected chi connectivity index (χ4v) is 7.22. The van der Waals surface area contributed by atoms with Gasteiger partial charge in [-0.2, -0.15) is 13.2 Å². The summed E-state index contributed by atoms with van der Waals surface area (Å²) >= 11 is 0. The van der Waals surface area contributed by atoms with Gasteiger partial charge in [-0.05, 0) is 105 Å². The number of carbonyl (C=O) groups excluding carboxylic acids is 2. The number of nitrogen functional groups attached to an aromatic ring is 1. The number of methoxy groups -OCH3 is 1. The van der Waals surface area contributed by atoms with E-state index in [-0.39, 0.29) is 22.7 Å². The molecule has 0 saturated carbocycles. The van der Waals surface area contributed by atoms with E-state index in [2.05, 4.69) is 15.6 Å². The lowest BCUT2D eigenvalue weighted by Crippen LogP contribution is -2.38. The normalized spacial score (nSPS) is 14.7. The molecule has 0 bridgehead atoms. The Morgan fingerprint density at radius 3 is 2.34 bits per heavy atom. The van der Waals surface area contributed by atoms with Crippen molar-refractivity contribution in [1.82, 2.24) is 9.88 Å². The highest BCUT2D eigenvalue weighted by Gasteiger charge is 2.39. The first kappa shape index (κ1) is 43.0. The second-order valence-electron chi connectivity index (χ2n) is 12.8. The molecule has 1 aliphatic heterocycles. The Labute approximate surface area is 322 Å². The molecule has 5 N–H and O–H groups in total. The minimum Gasteiger partial charge on any atom is -0.490 e. The van der Waals surface area contributed by atoms with Crippen LogP contribution in [-0.4, -0.2) is 79.7 Å². The van der Waals surface area contributed by atoms with Crippen molar-refractivity contribution >= 4 is 55.8 Å². The number of nitrogens with two attached hydrogens (primary N) is 1. The fraction of sp³-hybridized carbons (Fsp3) is 0.368. The lowest BCUT2D eigenvalue weighted by molar-refractivity contribution is -0.192. The first-order valence-corrected chi connectivity index (χ1v) is 19.2. The van der Waals surface area contributed by atoms with Crippen LogP contribution in [0.2, 0.25) is 0 Å². The first-order valence-electron chi connectivity index (χ1n) is 17.6. The van der Waals surface area contributed by atoms with Crippen LogP contribution in [0.5, 0.6) is 11.5 Å². The molecule has 0 unspecified atom stereocenters. The quantitative estimate of drug-likeness (QED) is 0.113. The number of ether oxygens (including phenoxy) is 3. The number of carboxylic acids is 1. The van der Waals surface area contributed by atoms with Gasteiger partial charge in [-0.1, -0.05) is 13.0 Å². The minimum atomic E-state index is -5.08. The van der Waals surface area contributed by atoms with E-state index in [1.807, 2.05) is 51.1 Å². The number of amides is 2. The summed E-state index contributed by atoms with van der Waals surface area (Å²) in [6.45, 7) is 8.10. The smallest absolute Gasteiger partial charge is 0.490 e. The van der Waals surface area contributed by atoms with Gasteiger partial charge >= 0.3 is 18.2 Å². The Kier molecular flexibility index (Phi) is 14.0. The number of aliphatic carboxylic acids is 1. The van der Waals surface area contributed by atoms with Gasteiger partial charge in [0, 0.05) is 29.5 Å². The number of hydrogen-bond donors (Lipinski definition) is 4. The first-order chi connectivity index (χ1) is 26.4. The third-order valence-corrected chi connectivity index (χ3v) is 10.4. The molecule has 0 aliphatic carbocycles. The van der Waals surface area contributed by atoms with Crippen LogP contribution in [0, 0.1) is 0 Å². The van der Waals surface area contributed by atoms with E-state index in [1.54, 1.807) is 36.2 Å². The summed E-state index contributed by atoms with van der Waals surface area (Å²) in [5.74, 6) is -1.68. The number of aromatic nitrogens is 1. The number of hydrogen-bond acceptors (Lipinski definition) is 11. The maximum Gasteiger partial charge on any atom is 0.490 e. The largest absolute Gasteiger partial charge is 0.490 e. The van der Waals surface area contributed by atoms with Crippen LogP contribution in [0.15, 0.2) is 71.8 Å². The molecule has 18 heteroatoms. The lowest BCUT2D eigenvalue weighted by atomic mass is 10.00. The fourth-order valence-electron chi connectivity index (χ4n) is 6.08. The highest BCUT2D eigenvalue weighted by molar-refractivity contribution is 7.91. The zero-order chi connectivity index (χ0) is 41.4. The van der Waals surface area contributed by atoms with E-state index in [9.17, 15) is 31.2 Å². The van der Waals surface area contributed by atoms with E-state index >= 15 is 0 Å². The maximum absolute atomic E-state index is 14.8. The molecule has 14 nitrogen and oxygen atoms in total. The Morgan fingerprint density at radius 2 is 1.71 bits per heavy atom. The number of benzene rings is 3. The van der Waals surface area contributed by atoms with Crippen molar-refractivity contribution in [1.29, 1.82) is 0 Å². The summed E-state index contributed by atoms with van der Waals surface area (Å²) in [5.41, 5.74) is 8.20. The third-order valence-electron chi connectivity index (χ3n) is 8.61. The molecule has 1 fully saturated rings. The molecule has 1 saturated heterocycles. The van der Waals surface area contributed by atoms with Crippen LogP contribution in [0.1, 0.15) is 63.7 Å². The van der Waals surface area contributed by atoms with E-state index < -0.39 is 40.2 Å². The van der Waals surface area contributed by atoms with Crippen molar-refractivity contribution in [2.45, 2.75) is 69.8 Å². The van der Waals surface area contributed by atoms with Gasteiger partial charge in [-0.3, -0.25) is 10.1 Å². The summed E-state index contributed by atoms with van der Waals surface area (Å²) in [6.07, 6.45) is -3.06. The van der Waals surface area contributed by atoms with Gasteiger partial charge in [0.05, 0.1) is 36.5 Å². The molecular formula is C38H44F3N5O9S. The average Bonchev–Trinajstić information content (AvgIpc) is 3.64. The van der Waals surface area contributed by atoms with Gasteiger partial charge in [-0.25, -0.2) is 23.0 Å². The number of carbonyl (C=O) groups is 3. The number of fused-ring (bicyclic) bond motifs is 1. The number of nitrogens with one attached hydrogen (secondary N) is 2. The molecule has 5 rings (SSSR count). The molecular weight excluding hydrogens is 760 g/mol. The summed E-state index contributed by atoms with van der Waals surface area (Å²) in [7, 11) is -2.44. The van der Waals surface area contributed by atoms with Gasteiger partial charge < -0.3 is 35.3 Å². The summed E-state index contributed by atoms with van der Waals surface area (Å²) in [5, 5.41) is 14.8.